The first-order valence-corrected chi connectivity index (χ1v) is 6.56. The molecule has 0 saturated carbocycles. The molecule has 0 fully saturated rings. The number of ether oxygens (including phenoxy) is 3. The number of esters is 2. The summed E-state index contributed by atoms with van der Waals surface area (Å²) in [7, 11) is 1.08. The number of benzene rings is 1. The molecule has 0 aliphatic rings. The van der Waals surface area contributed by atoms with Crippen molar-refractivity contribution >= 4 is 23.3 Å². The summed E-state index contributed by atoms with van der Waals surface area (Å²) >= 11 is 0. The number of nitrogens with zero attached hydrogens (tertiary/aromatic N) is 1. The molecule has 2 N–H and O–H groups in total. The Balaban J connectivity index is 3.01. The number of nitrogen functional groups attached to an aromatic ring is 1. The maximum Gasteiger partial charge on any atom is 0.345 e. The van der Waals surface area contributed by atoms with Crippen LogP contribution in [0.5, 0.6) is 5.75 Å². The fourth-order valence-electron chi connectivity index (χ4n) is 1.70. The average molecular weight is 326 g/mol. The molecule has 23 heavy (non-hydrogen) atoms. The molecule has 0 spiro atoms. The van der Waals surface area contributed by atoms with Crippen molar-refractivity contribution in [1.29, 1.82) is 0 Å². The number of carbonyl (C=O) groups is 2. The summed E-state index contributed by atoms with van der Waals surface area (Å²) in [5.74, 6) is -1.56. The largest absolute Gasteiger partial charge is 0.482 e. The van der Waals surface area contributed by atoms with Gasteiger partial charge in [0.15, 0.2) is 6.61 Å². The van der Waals surface area contributed by atoms with Crippen LogP contribution in [0.2, 0.25) is 0 Å². The van der Waals surface area contributed by atoms with E-state index in [0.29, 0.717) is 0 Å². The highest BCUT2D eigenvalue weighted by Gasteiger charge is 2.26. The van der Waals surface area contributed by atoms with Crippen LogP contribution in [0, 0.1) is 10.1 Å². The van der Waals surface area contributed by atoms with E-state index in [2.05, 4.69) is 4.74 Å². The number of nitro benzene ring substituents is 1. The molecule has 0 bridgehead atoms. The van der Waals surface area contributed by atoms with Crippen LogP contribution in [0.4, 0.5) is 11.4 Å². The van der Waals surface area contributed by atoms with Crippen LogP contribution in [-0.4, -0.2) is 36.2 Å². The number of nitro groups is 1. The van der Waals surface area contributed by atoms with Crippen molar-refractivity contribution in [2.24, 2.45) is 0 Å². The Hall–Kier alpha value is -2.84. The molecular formula is C14H18N2O7. The summed E-state index contributed by atoms with van der Waals surface area (Å²) in [6.07, 6.45) is 0. The normalized spacial score (nSPS) is 10.8. The van der Waals surface area contributed by atoms with E-state index >= 15 is 0 Å². The van der Waals surface area contributed by atoms with E-state index < -0.39 is 34.8 Å². The number of hydrogen-bond donors (Lipinski definition) is 1. The molecule has 0 amide bonds. The van der Waals surface area contributed by atoms with Gasteiger partial charge in [-0.15, -0.1) is 0 Å². The maximum absolute atomic E-state index is 11.6. The molecule has 0 atom stereocenters. The number of anilines is 1. The van der Waals surface area contributed by atoms with Gasteiger partial charge in [0, 0.05) is 12.1 Å². The number of nitrogens with two attached hydrogens (primary N) is 1. The Labute approximate surface area is 132 Å². The van der Waals surface area contributed by atoms with E-state index in [1.165, 1.54) is 0 Å². The van der Waals surface area contributed by atoms with Crippen molar-refractivity contribution in [2.45, 2.75) is 26.4 Å². The van der Waals surface area contributed by atoms with Crippen LogP contribution in [0.15, 0.2) is 12.1 Å². The first kappa shape index (κ1) is 18.2. The first-order valence-electron chi connectivity index (χ1n) is 6.56. The lowest BCUT2D eigenvalue weighted by atomic mass is 10.1. The van der Waals surface area contributed by atoms with Crippen LogP contribution in [0.1, 0.15) is 31.1 Å². The van der Waals surface area contributed by atoms with Crippen LogP contribution in [-0.2, 0) is 14.3 Å². The van der Waals surface area contributed by atoms with Crippen LogP contribution < -0.4 is 10.5 Å². The molecular weight excluding hydrogens is 308 g/mol. The second kappa shape index (κ2) is 6.95. The Morgan fingerprint density at radius 3 is 2.39 bits per heavy atom. The Kier molecular flexibility index (Phi) is 5.50. The van der Waals surface area contributed by atoms with Gasteiger partial charge in [-0.25, -0.2) is 9.59 Å². The second-order valence-electron chi connectivity index (χ2n) is 5.53. The predicted molar refractivity (Wildman–Crippen MR) is 80.2 cm³/mol. The van der Waals surface area contributed by atoms with E-state index in [1.807, 2.05) is 0 Å². The van der Waals surface area contributed by atoms with Crippen LogP contribution in [0.25, 0.3) is 0 Å². The topological polar surface area (TPSA) is 131 Å². The van der Waals surface area contributed by atoms with Gasteiger partial charge in [-0.3, -0.25) is 10.1 Å². The quantitative estimate of drug-likeness (QED) is 0.374. The number of rotatable bonds is 5. The molecule has 9 heteroatoms. The molecule has 1 aromatic rings. The Morgan fingerprint density at radius 1 is 1.30 bits per heavy atom. The van der Waals surface area contributed by atoms with Gasteiger partial charge in [-0.1, -0.05) is 0 Å². The van der Waals surface area contributed by atoms with Crippen LogP contribution >= 0.6 is 0 Å². The fraction of sp³-hybridized carbons (Fsp3) is 0.429. The Bertz CT molecular complexity index is 635. The van der Waals surface area contributed by atoms with E-state index in [4.69, 9.17) is 15.2 Å². The smallest absolute Gasteiger partial charge is 0.345 e. The van der Waals surface area contributed by atoms with Gasteiger partial charge in [-0.05, 0) is 20.8 Å². The van der Waals surface area contributed by atoms with Crippen molar-refractivity contribution in [2.75, 3.05) is 19.5 Å². The molecule has 0 aromatic heterocycles. The lowest BCUT2D eigenvalue weighted by Gasteiger charge is -2.19. The van der Waals surface area contributed by atoms with Gasteiger partial charge in [0.2, 0.25) is 0 Å². The van der Waals surface area contributed by atoms with Gasteiger partial charge >= 0.3 is 17.6 Å². The zero-order chi connectivity index (χ0) is 17.8. The van der Waals surface area contributed by atoms with Gasteiger partial charge in [-0.2, -0.15) is 0 Å². The highest BCUT2D eigenvalue weighted by Crippen LogP contribution is 2.32. The van der Waals surface area contributed by atoms with Gasteiger partial charge in [0.1, 0.15) is 22.6 Å². The summed E-state index contributed by atoms with van der Waals surface area (Å²) in [6, 6.07) is 2.24. The lowest BCUT2D eigenvalue weighted by Crippen LogP contribution is -2.27. The highest BCUT2D eigenvalue weighted by atomic mass is 16.6. The second-order valence-corrected chi connectivity index (χ2v) is 5.53. The van der Waals surface area contributed by atoms with Crippen molar-refractivity contribution in [1.82, 2.24) is 0 Å². The maximum atomic E-state index is 11.6. The molecule has 9 nitrogen and oxygen atoms in total. The van der Waals surface area contributed by atoms with Gasteiger partial charge < -0.3 is 19.9 Å². The number of methoxy groups -OCH3 is 1. The predicted octanol–water partition coefficient (Wildman–Crippen LogP) is 1.68. The SMILES string of the molecule is COC(=O)c1cc(OCC(=O)OC(C)(C)C)cc(N)c1[N+](=O)[O-]. The summed E-state index contributed by atoms with van der Waals surface area (Å²) < 4.78 is 14.7. The third-order valence-electron chi connectivity index (χ3n) is 2.48. The fourth-order valence-corrected chi connectivity index (χ4v) is 1.70. The summed E-state index contributed by atoms with van der Waals surface area (Å²) in [5, 5.41) is 11.0. The van der Waals surface area contributed by atoms with Crippen molar-refractivity contribution < 1.29 is 28.7 Å². The summed E-state index contributed by atoms with van der Waals surface area (Å²) in [5.41, 5.74) is 3.68. The number of carbonyl (C=O) groups excluding carboxylic acids is 2. The molecule has 0 saturated heterocycles. The minimum absolute atomic E-state index is 0.0133. The van der Waals surface area contributed by atoms with E-state index in [9.17, 15) is 19.7 Å². The molecule has 1 rings (SSSR count). The molecule has 126 valence electrons. The minimum atomic E-state index is -0.939. The lowest BCUT2D eigenvalue weighted by molar-refractivity contribution is -0.384. The third kappa shape index (κ3) is 5.13. The average Bonchev–Trinajstić information content (AvgIpc) is 2.41. The number of hydrogen-bond acceptors (Lipinski definition) is 8. The Morgan fingerprint density at radius 2 is 1.91 bits per heavy atom. The van der Waals surface area contributed by atoms with Crippen molar-refractivity contribution in [3.63, 3.8) is 0 Å². The van der Waals surface area contributed by atoms with Gasteiger partial charge in [0.25, 0.3) is 0 Å². The molecule has 0 radical (unpaired) electrons. The highest BCUT2D eigenvalue weighted by molar-refractivity contribution is 5.97. The van der Waals surface area contributed by atoms with E-state index in [0.717, 1.165) is 19.2 Å². The monoisotopic (exact) mass is 326 g/mol. The summed E-state index contributed by atoms with van der Waals surface area (Å²) in [6.45, 7) is 4.66. The third-order valence-corrected chi connectivity index (χ3v) is 2.48. The molecule has 0 aliphatic heterocycles. The molecule has 0 aliphatic carbocycles. The van der Waals surface area contributed by atoms with E-state index in [-0.39, 0.29) is 17.0 Å². The van der Waals surface area contributed by atoms with Crippen molar-refractivity contribution in [3.05, 3.63) is 27.8 Å². The first-order chi connectivity index (χ1) is 10.5. The van der Waals surface area contributed by atoms with Gasteiger partial charge in [0.05, 0.1) is 12.0 Å². The van der Waals surface area contributed by atoms with Crippen LogP contribution in [0.3, 0.4) is 0 Å². The standard InChI is InChI=1S/C14H18N2O7/c1-14(2,3)23-11(17)7-22-8-5-9(13(18)21-4)12(16(19)20)10(15)6-8/h5-6H,7,15H2,1-4H3. The zero-order valence-electron chi connectivity index (χ0n) is 13.2. The molecule has 1 aromatic carbocycles. The van der Waals surface area contributed by atoms with Crippen molar-refractivity contribution in [3.8, 4) is 5.75 Å². The summed E-state index contributed by atoms with van der Waals surface area (Å²) in [4.78, 5) is 33.4. The minimum Gasteiger partial charge on any atom is -0.482 e. The molecule has 0 heterocycles. The molecule has 0 unspecified atom stereocenters. The van der Waals surface area contributed by atoms with E-state index in [1.54, 1.807) is 20.8 Å². The zero-order valence-corrected chi connectivity index (χ0v) is 13.2.